The van der Waals surface area contributed by atoms with E-state index in [1.807, 2.05) is 0 Å². The Labute approximate surface area is 128 Å². The fourth-order valence-corrected chi connectivity index (χ4v) is 1.96. The quantitative estimate of drug-likeness (QED) is 0.765. The van der Waals surface area contributed by atoms with Crippen LogP contribution in [0.1, 0.15) is 32.8 Å². The van der Waals surface area contributed by atoms with Gasteiger partial charge in [-0.15, -0.1) is 0 Å². The van der Waals surface area contributed by atoms with Crippen molar-refractivity contribution in [1.82, 2.24) is 0 Å². The molecule has 0 bridgehead atoms. The summed E-state index contributed by atoms with van der Waals surface area (Å²) in [5, 5.41) is 0. The van der Waals surface area contributed by atoms with Crippen LogP contribution in [0.3, 0.4) is 0 Å². The number of esters is 1. The highest BCUT2D eigenvalue weighted by Gasteiger charge is 2.49. The maximum Gasteiger partial charge on any atom is 0.426 e. The summed E-state index contributed by atoms with van der Waals surface area (Å²) in [6, 6.07) is 6.98. The summed E-state index contributed by atoms with van der Waals surface area (Å²) in [5.74, 6) is -0.177. The minimum atomic E-state index is -4.58. The third-order valence-corrected chi connectivity index (χ3v) is 3.11. The van der Waals surface area contributed by atoms with E-state index in [0.29, 0.717) is 12.2 Å². The van der Waals surface area contributed by atoms with E-state index in [4.69, 9.17) is 4.74 Å². The van der Waals surface area contributed by atoms with Gasteiger partial charge in [0.25, 0.3) is 0 Å². The molecule has 0 aromatic heterocycles. The molecule has 0 saturated heterocycles. The van der Waals surface area contributed by atoms with Gasteiger partial charge in [0.1, 0.15) is 5.75 Å². The molecule has 1 atom stereocenters. The van der Waals surface area contributed by atoms with Crippen molar-refractivity contribution >= 4 is 5.97 Å². The maximum atomic E-state index is 12.9. The minimum Gasteiger partial charge on any atom is -0.497 e. The number of alkyl halides is 3. The highest BCUT2D eigenvalue weighted by molar-refractivity contribution is 5.70. The van der Waals surface area contributed by atoms with Crippen LogP contribution in [0.25, 0.3) is 0 Å². The van der Waals surface area contributed by atoms with E-state index in [1.54, 1.807) is 24.3 Å². The Morgan fingerprint density at radius 2 is 1.68 bits per heavy atom. The van der Waals surface area contributed by atoms with Crippen LogP contribution in [0.4, 0.5) is 13.2 Å². The molecule has 124 valence electrons. The second kappa shape index (κ2) is 7.03. The Morgan fingerprint density at radius 1 is 1.14 bits per heavy atom. The molecule has 6 heteroatoms. The van der Waals surface area contributed by atoms with E-state index in [1.165, 1.54) is 27.9 Å². The van der Waals surface area contributed by atoms with Gasteiger partial charge < -0.3 is 9.47 Å². The van der Waals surface area contributed by atoms with Gasteiger partial charge in [0.15, 0.2) is 0 Å². The molecular weight excluding hydrogens is 297 g/mol. The third-order valence-electron chi connectivity index (χ3n) is 3.11. The zero-order valence-corrected chi connectivity index (χ0v) is 13.2. The number of ether oxygens (including phenoxy) is 2. The molecule has 0 aliphatic carbocycles. The molecule has 0 N–H and O–H groups in total. The lowest BCUT2D eigenvalue weighted by molar-refractivity contribution is -0.244. The second-order valence-electron chi connectivity index (χ2n) is 6.13. The van der Waals surface area contributed by atoms with Gasteiger partial charge in [0.2, 0.25) is 6.10 Å². The van der Waals surface area contributed by atoms with Crippen molar-refractivity contribution in [2.24, 2.45) is 5.41 Å². The van der Waals surface area contributed by atoms with E-state index in [2.05, 4.69) is 4.74 Å². The summed E-state index contributed by atoms with van der Waals surface area (Å²) in [5.41, 5.74) is -0.370. The number of hydrogen-bond acceptors (Lipinski definition) is 3. The van der Waals surface area contributed by atoms with Crippen LogP contribution in [0, 0.1) is 5.41 Å². The average Bonchev–Trinajstić information content (AvgIpc) is 2.40. The van der Waals surface area contributed by atoms with Crippen molar-refractivity contribution < 1.29 is 27.4 Å². The first kappa shape index (κ1) is 18.3. The number of benzene rings is 1. The number of methoxy groups -OCH3 is 1. The van der Waals surface area contributed by atoms with Gasteiger partial charge in [0, 0.05) is 11.8 Å². The zero-order chi connectivity index (χ0) is 17.0. The molecule has 3 nitrogen and oxygen atoms in total. The normalized spacial score (nSPS) is 13.6. The fourth-order valence-electron chi connectivity index (χ4n) is 1.96. The SMILES string of the molecule is COc1ccc(CCC(=O)OC(C(C)(C)C)C(F)(F)F)cc1. The van der Waals surface area contributed by atoms with Gasteiger partial charge in [0.05, 0.1) is 7.11 Å². The number of rotatable bonds is 5. The van der Waals surface area contributed by atoms with E-state index < -0.39 is 23.7 Å². The first-order valence-electron chi connectivity index (χ1n) is 6.93. The third kappa shape index (κ3) is 5.58. The molecule has 1 rings (SSSR count). The molecule has 0 amide bonds. The molecular formula is C16H21F3O3. The standard InChI is InChI=1S/C16H21F3O3/c1-15(2,3)14(16(17,18)19)22-13(20)10-7-11-5-8-12(21-4)9-6-11/h5-6,8-9,14H,7,10H2,1-4H3. The summed E-state index contributed by atoms with van der Waals surface area (Å²) in [4.78, 5) is 11.7. The largest absolute Gasteiger partial charge is 0.497 e. The average molecular weight is 318 g/mol. The van der Waals surface area contributed by atoms with E-state index in [9.17, 15) is 18.0 Å². The first-order chi connectivity index (χ1) is 10.0. The van der Waals surface area contributed by atoms with Crippen LogP contribution in [0.15, 0.2) is 24.3 Å². The molecule has 0 heterocycles. The number of carbonyl (C=O) groups excluding carboxylic acids is 1. The van der Waals surface area contributed by atoms with Gasteiger partial charge in [-0.3, -0.25) is 4.79 Å². The predicted molar refractivity (Wildman–Crippen MR) is 76.7 cm³/mol. The number of hydrogen-bond donors (Lipinski definition) is 0. The van der Waals surface area contributed by atoms with Gasteiger partial charge in [-0.05, 0) is 24.1 Å². The Morgan fingerprint density at radius 3 is 2.09 bits per heavy atom. The highest BCUT2D eigenvalue weighted by atomic mass is 19.4. The van der Waals surface area contributed by atoms with Crippen molar-refractivity contribution in [3.63, 3.8) is 0 Å². The van der Waals surface area contributed by atoms with Crippen LogP contribution in [-0.2, 0) is 16.0 Å². The Hall–Kier alpha value is -1.72. The van der Waals surface area contributed by atoms with E-state index in [0.717, 1.165) is 5.56 Å². The molecule has 1 aromatic rings. The van der Waals surface area contributed by atoms with Crippen molar-refractivity contribution in [2.45, 2.75) is 45.9 Å². The van der Waals surface area contributed by atoms with Crippen molar-refractivity contribution in [2.75, 3.05) is 7.11 Å². The van der Waals surface area contributed by atoms with Gasteiger partial charge in [-0.2, -0.15) is 13.2 Å². The summed E-state index contributed by atoms with van der Waals surface area (Å²) in [7, 11) is 1.54. The predicted octanol–water partition coefficient (Wildman–Crippen LogP) is 4.15. The topological polar surface area (TPSA) is 35.5 Å². The molecule has 0 saturated carbocycles. The molecule has 0 aliphatic heterocycles. The number of aryl methyl sites for hydroxylation is 1. The lowest BCUT2D eigenvalue weighted by Gasteiger charge is -2.31. The van der Waals surface area contributed by atoms with E-state index >= 15 is 0 Å². The first-order valence-corrected chi connectivity index (χ1v) is 6.93. The maximum absolute atomic E-state index is 12.9. The number of carbonyl (C=O) groups is 1. The van der Waals surface area contributed by atoms with E-state index in [-0.39, 0.29) is 6.42 Å². The van der Waals surface area contributed by atoms with Gasteiger partial charge in [-0.25, -0.2) is 0 Å². The lowest BCUT2D eigenvalue weighted by Crippen LogP contribution is -2.43. The van der Waals surface area contributed by atoms with Crippen LogP contribution in [0.2, 0.25) is 0 Å². The van der Waals surface area contributed by atoms with Crippen LogP contribution < -0.4 is 4.74 Å². The zero-order valence-electron chi connectivity index (χ0n) is 13.2. The lowest BCUT2D eigenvalue weighted by atomic mass is 9.88. The van der Waals surface area contributed by atoms with Gasteiger partial charge in [-0.1, -0.05) is 32.9 Å². The van der Waals surface area contributed by atoms with Crippen LogP contribution in [0.5, 0.6) is 5.75 Å². The summed E-state index contributed by atoms with van der Waals surface area (Å²) < 4.78 is 48.5. The second-order valence-corrected chi connectivity index (χ2v) is 6.13. The number of halogens is 3. The summed E-state index contributed by atoms with van der Waals surface area (Å²) >= 11 is 0. The molecule has 1 unspecified atom stereocenters. The molecule has 0 spiro atoms. The van der Waals surface area contributed by atoms with Crippen molar-refractivity contribution in [3.8, 4) is 5.75 Å². The van der Waals surface area contributed by atoms with Crippen molar-refractivity contribution in [1.29, 1.82) is 0 Å². The molecule has 0 fully saturated rings. The minimum absolute atomic E-state index is 0.102. The Kier molecular flexibility index (Phi) is 5.85. The molecule has 22 heavy (non-hydrogen) atoms. The smallest absolute Gasteiger partial charge is 0.426 e. The summed E-state index contributed by atoms with van der Waals surface area (Å²) in [6.45, 7) is 4.17. The molecule has 1 aromatic carbocycles. The van der Waals surface area contributed by atoms with Gasteiger partial charge >= 0.3 is 12.1 Å². The highest BCUT2D eigenvalue weighted by Crippen LogP contribution is 2.36. The Bertz CT molecular complexity index is 473. The Balaban J connectivity index is 2.60. The molecule has 0 radical (unpaired) electrons. The molecule has 0 aliphatic rings. The summed E-state index contributed by atoms with van der Waals surface area (Å²) in [6.07, 6.45) is -6.47. The van der Waals surface area contributed by atoms with Crippen molar-refractivity contribution in [3.05, 3.63) is 29.8 Å². The van der Waals surface area contributed by atoms with Crippen LogP contribution >= 0.6 is 0 Å². The fraction of sp³-hybridized carbons (Fsp3) is 0.562. The van der Waals surface area contributed by atoms with Crippen LogP contribution in [-0.4, -0.2) is 25.4 Å². The monoisotopic (exact) mass is 318 g/mol.